The minimum absolute atomic E-state index is 0.216. The van der Waals surface area contributed by atoms with Gasteiger partial charge in [-0.1, -0.05) is 6.92 Å². The van der Waals surface area contributed by atoms with E-state index in [-0.39, 0.29) is 5.92 Å². The van der Waals surface area contributed by atoms with Gasteiger partial charge in [-0.2, -0.15) is 0 Å². The molecular weight excluding hydrogens is 254 g/mol. The molecule has 1 aliphatic heterocycles. The van der Waals surface area contributed by atoms with Gasteiger partial charge in [-0.05, 0) is 31.6 Å². The zero-order chi connectivity index (χ0) is 13.8. The monoisotopic (exact) mass is 279 g/mol. The first-order chi connectivity index (χ1) is 8.30. The minimum atomic E-state index is -3.11. The van der Waals surface area contributed by atoms with Crippen LogP contribution in [0.5, 0.6) is 0 Å². The van der Waals surface area contributed by atoms with Crippen molar-refractivity contribution in [3.63, 3.8) is 0 Å². The number of rotatable bonds is 6. The fraction of sp³-hybridized carbons (Fsp3) is 1.00. The summed E-state index contributed by atoms with van der Waals surface area (Å²) < 4.78 is 29.6. The molecule has 2 atom stereocenters. The predicted octanol–water partition coefficient (Wildman–Crippen LogP) is 0.836. The van der Waals surface area contributed by atoms with Gasteiger partial charge in [-0.15, -0.1) is 0 Å². The molecule has 1 aliphatic rings. The quantitative estimate of drug-likeness (QED) is 0.782. The lowest BCUT2D eigenvalue weighted by Crippen LogP contribution is -2.43. The highest BCUT2D eigenvalue weighted by Gasteiger charge is 2.33. The number of hydrogen-bond acceptors (Lipinski definition) is 4. The lowest BCUT2D eigenvalue weighted by Gasteiger charge is -2.36. The maximum atomic E-state index is 11.5. The molecule has 1 fully saturated rings. The van der Waals surface area contributed by atoms with Gasteiger partial charge in [0.2, 0.25) is 10.0 Å². The van der Waals surface area contributed by atoms with E-state index in [1.165, 1.54) is 10.6 Å². The van der Waals surface area contributed by atoms with Crippen LogP contribution >= 0.6 is 0 Å². The second kappa shape index (κ2) is 6.32. The van der Waals surface area contributed by atoms with Crippen molar-refractivity contribution in [2.75, 3.05) is 33.1 Å². The number of aliphatic hydroxyl groups is 1. The van der Waals surface area contributed by atoms with Crippen LogP contribution in [0, 0.1) is 5.92 Å². The summed E-state index contributed by atoms with van der Waals surface area (Å²) >= 11 is 0. The Morgan fingerprint density at radius 3 is 2.67 bits per heavy atom. The summed E-state index contributed by atoms with van der Waals surface area (Å²) in [6.07, 6.45) is 4.30. The van der Waals surface area contributed by atoms with Gasteiger partial charge in [-0.3, -0.25) is 0 Å². The highest BCUT2D eigenvalue weighted by molar-refractivity contribution is 7.88. The van der Waals surface area contributed by atoms with Crippen molar-refractivity contribution in [2.24, 2.45) is 5.92 Å². The Hall–Kier alpha value is -0.170. The second-order valence-electron chi connectivity index (χ2n) is 5.34. The number of sulfonamides is 1. The average molecular weight is 279 g/mol. The molecule has 5 nitrogen and oxygen atoms in total. The van der Waals surface area contributed by atoms with E-state index < -0.39 is 15.6 Å². The third-order valence-corrected chi connectivity index (χ3v) is 4.96. The standard InChI is InChI=1S/C12H25NO4S/c1-4-12(14,10-17-2)8-11-6-5-7-13(9-11)18(3,15)16/h11,14H,4-10H2,1-3H3. The van der Waals surface area contributed by atoms with Crippen LogP contribution < -0.4 is 0 Å². The summed E-state index contributed by atoms with van der Waals surface area (Å²) in [4.78, 5) is 0. The van der Waals surface area contributed by atoms with Crippen molar-refractivity contribution >= 4 is 10.0 Å². The van der Waals surface area contributed by atoms with Crippen molar-refractivity contribution in [1.82, 2.24) is 4.31 Å². The molecule has 6 heteroatoms. The molecule has 0 radical (unpaired) electrons. The maximum Gasteiger partial charge on any atom is 0.211 e. The highest BCUT2D eigenvalue weighted by Crippen LogP contribution is 2.28. The fourth-order valence-corrected chi connectivity index (χ4v) is 3.55. The van der Waals surface area contributed by atoms with Gasteiger partial charge >= 0.3 is 0 Å². The molecule has 0 aromatic rings. The molecule has 0 aromatic carbocycles. The molecule has 1 rings (SSSR count). The Morgan fingerprint density at radius 2 is 2.17 bits per heavy atom. The van der Waals surface area contributed by atoms with Crippen LogP contribution in [-0.4, -0.2) is 56.5 Å². The van der Waals surface area contributed by atoms with E-state index in [0.717, 1.165) is 12.8 Å². The van der Waals surface area contributed by atoms with Gasteiger partial charge in [0.25, 0.3) is 0 Å². The normalized spacial score (nSPS) is 25.9. The van der Waals surface area contributed by atoms with E-state index >= 15 is 0 Å². The third-order valence-electron chi connectivity index (χ3n) is 3.69. The average Bonchev–Trinajstić information content (AvgIpc) is 2.28. The third kappa shape index (κ3) is 4.50. The Bertz CT molecular complexity index is 357. The molecule has 0 bridgehead atoms. The Kier molecular flexibility index (Phi) is 5.58. The zero-order valence-corrected chi connectivity index (χ0v) is 12.4. The molecular formula is C12H25NO4S. The molecule has 1 saturated heterocycles. The van der Waals surface area contributed by atoms with Crippen molar-refractivity contribution < 1.29 is 18.3 Å². The number of nitrogens with zero attached hydrogens (tertiary/aromatic N) is 1. The van der Waals surface area contributed by atoms with Crippen molar-refractivity contribution in [1.29, 1.82) is 0 Å². The van der Waals surface area contributed by atoms with E-state index in [1.54, 1.807) is 7.11 Å². The van der Waals surface area contributed by atoms with Crippen LogP contribution in [0.4, 0.5) is 0 Å². The smallest absolute Gasteiger partial charge is 0.211 e. The molecule has 108 valence electrons. The molecule has 0 spiro atoms. The predicted molar refractivity (Wildman–Crippen MR) is 70.9 cm³/mol. The topological polar surface area (TPSA) is 66.8 Å². The molecule has 1 heterocycles. The van der Waals surface area contributed by atoms with Crippen molar-refractivity contribution in [2.45, 2.75) is 38.2 Å². The molecule has 0 amide bonds. The fourth-order valence-electron chi connectivity index (χ4n) is 2.61. The molecule has 0 aliphatic carbocycles. The first-order valence-electron chi connectivity index (χ1n) is 6.47. The van der Waals surface area contributed by atoms with Crippen molar-refractivity contribution in [3.05, 3.63) is 0 Å². The van der Waals surface area contributed by atoms with Gasteiger partial charge in [0.1, 0.15) is 0 Å². The van der Waals surface area contributed by atoms with Crippen molar-refractivity contribution in [3.8, 4) is 0 Å². The maximum absolute atomic E-state index is 11.5. The molecule has 18 heavy (non-hydrogen) atoms. The number of piperidine rings is 1. The van der Waals surface area contributed by atoms with E-state index in [4.69, 9.17) is 4.74 Å². The first kappa shape index (κ1) is 15.9. The van der Waals surface area contributed by atoms with Gasteiger partial charge in [-0.25, -0.2) is 12.7 Å². The summed E-state index contributed by atoms with van der Waals surface area (Å²) in [5.41, 5.74) is -0.833. The van der Waals surface area contributed by atoms with Crippen LogP contribution in [0.2, 0.25) is 0 Å². The Labute approximate surface area is 110 Å². The summed E-state index contributed by atoms with van der Waals surface area (Å²) in [6.45, 7) is 3.35. The molecule has 2 unspecified atom stereocenters. The van der Waals surface area contributed by atoms with E-state index in [0.29, 0.717) is 32.5 Å². The van der Waals surface area contributed by atoms with E-state index in [1.807, 2.05) is 6.92 Å². The van der Waals surface area contributed by atoms with Crippen LogP contribution in [0.3, 0.4) is 0 Å². The summed E-state index contributed by atoms with van der Waals surface area (Å²) in [7, 11) is -1.54. The molecule has 0 saturated carbocycles. The highest BCUT2D eigenvalue weighted by atomic mass is 32.2. The summed E-state index contributed by atoms with van der Waals surface area (Å²) in [6, 6.07) is 0. The minimum Gasteiger partial charge on any atom is -0.387 e. The molecule has 1 N–H and O–H groups in total. The summed E-state index contributed by atoms with van der Waals surface area (Å²) in [5.74, 6) is 0.216. The molecule has 0 aromatic heterocycles. The number of hydrogen-bond donors (Lipinski definition) is 1. The number of ether oxygens (including phenoxy) is 1. The number of methoxy groups -OCH3 is 1. The summed E-state index contributed by atoms with van der Waals surface area (Å²) in [5, 5.41) is 10.4. The first-order valence-corrected chi connectivity index (χ1v) is 8.32. The zero-order valence-electron chi connectivity index (χ0n) is 11.6. The Balaban J connectivity index is 2.62. The van der Waals surface area contributed by atoms with Crippen LogP contribution in [0.25, 0.3) is 0 Å². The van der Waals surface area contributed by atoms with Gasteiger partial charge in [0, 0.05) is 20.2 Å². The van der Waals surface area contributed by atoms with E-state index in [9.17, 15) is 13.5 Å². The van der Waals surface area contributed by atoms with Crippen LogP contribution in [-0.2, 0) is 14.8 Å². The lowest BCUT2D eigenvalue weighted by molar-refractivity contribution is -0.0540. The SMILES string of the molecule is CCC(O)(COC)CC1CCCN(S(C)(=O)=O)C1. The van der Waals surface area contributed by atoms with E-state index in [2.05, 4.69) is 0 Å². The van der Waals surface area contributed by atoms with Gasteiger partial charge in [0.05, 0.1) is 18.5 Å². The second-order valence-corrected chi connectivity index (χ2v) is 7.33. The van der Waals surface area contributed by atoms with Gasteiger partial charge in [0.15, 0.2) is 0 Å². The lowest BCUT2D eigenvalue weighted by atomic mass is 9.85. The van der Waals surface area contributed by atoms with Crippen LogP contribution in [0.15, 0.2) is 0 Å². The Morgan fingerprint density at radius 1 is 1.50 bits per heavy atom. The van der Waals surface area contributed by atoms with Crippen LogP contribution in [0.1, 0.15) is 32.6 Å². The van der Waals surface area contributed by atoms with Gasteiger partial charge < -0.3 is 9.84 Å². The largest absolute Gasteiger partial charge is 0.387 e.